The van der Waals surface area contributed by atoms with Gasteiger partial charge < -0.3 is 28.3 Å². The molecular formula is C18H15K2O7P. The largest absolute Gasteiger partial charge is 1.00 e. The summed E-state index contributed by atoms with van der Waals surface area (Å²) in [4.78, 5) is 33.7. The van der Waals surface area contributed by atoms with Crippen molar-refractivity contribution in [2.75, 3.05) is 6.61 Å². The smallest absolute Gasteiger partial charge is 0.780 e. The topological polar surface area (TPSA) is 108 Å². The average Bonchev–Trinajstić information content (AvgIpc) is 2.59. The summed E-state index contributed by atoms with van der Waals surface area (Å²) in [6.45, 7) is 0.178. The van der Waals surface area contributed by atoms with E-state index in [0.717, 1.165) is 5.56 Å². The zero-order valence-corrected chi connectivity index (χ0v) is 22.8. The minimum atomic E-state index is -5.24. The maximum atomic E-state index is 11.8. The van der Waals surface area contributed by atoms with Crippen LogP contribution in [0.1, 0.15) is 17.5 Å². The van der Waals surface area contributed by atoms with Gasteiger partial charge in [-0.2, -0.15) is 0 Å². The number of hydrogen-bond acceptors (Lipinski definition) is 7. The van der Waals surface area contributed by atoms with Crippen molar-refractivity contribution in [1.29, 1.82) is 0 Å². The van der Waals surface area contributed by atoms with Gasteiger partial charge in [0.25, 0.3) is 0 Å². The molecule has 4 rings (SSSR count). The van der Waals surface area contributed by atoms with Gasteiger partial charge in [0.2, 0.25) is 0 Å². The molecular weight excluding hydrogens is 437 g/mol. The van der Waals surface area contributed by atoms with Crippen LogP contribution in [0.5, 0.6) is 17.2 Å². The molecule has 0 aromatic heterocycles. The van der Waals surface area contributed by atoms with Crippen LogP contribution in [0, 0.1) is 0 Å². The van der Waals surface area contributed by atoms with Crippen LogP contribution in [0.25, 0.3) is 6.08 Å². The summed E-state index contributed by atoms with van der Waals surface area (Å²) in [7, 11) is -5.24. The Morgan fingerprint density at radius 3 is 2.39 bits per heavy atom. The van der Waals surface area contributed by atoms with Gasteiger partial charge in [-0.15, -0.1) is 0 Å². The van der Waals surface area contributed by atoms with E-state index < -0.39 is 7.82 Å². The fourth-order valence-corrected chi connectivity index (χ4v) is 2.79. The normalized spacial score (nSPS) is 14.9. The van der Waals surface area contributed by atoms with E-state index in [2.05, 4.69) is 4.52 Å². The second-order valence-corrected chi connectivity index (χ2v) is 6.65. The van der Waals surface area contributed by atoms with Gasteiger partial charge in [0.05, 0.1) is 0 Å². The summed E-state index contributed by atoms with van der Waals surface area (Å²) < 4.78 is 26.2. The van der Waals surface area contributed by atoms with Gasteiger partial charge in [0, 0.05) is 6.42 Å². The SMILES string of the molecule is O=C1CCc2ccc(OP(=O)([O-])[O-])c(c2)Oc2ccc(cc2)/C=C\CO1.[K+].[K+]. The molecule has 136 valence electrons. The van der Waals surface area contributed by atoms with Gasteiger partial charge >= 0.3 is 109 Å². The van der Waals surface area contributed by atoms with E-state index in [4.69, 9.17) is 9.47 Å². The van der Waals surface area contributed by atoms with Gasteiger partial charge in [0.1, 0.15) is 20.2 Å². The standard InChI is InChI=1S/C18H17O7P.2K/c19-18-10-6-14-5-9-16(25-26(20,21)22)17(12-14)24-15-7-3-13(4-8-15)2-1-11-23-18;;/h1-5,7-9,12H,6,10-11H2,(H2,20,21,22);;/q;2*+1/p-2/b2-1-;;. The molecule has 0 saturated carbocycles. The van der Waals surface area contributed by atoms with E-state index in [1.54, 1.807) is 42.5 Å². The Morgan fingerprint density at radius 1 is 1.00 bits per heavy atom. The molecule has 2 aliphatic rings. The Morgan fingerprint density at radius 2 is 1.71 bits per heavy atom. The second-order valence-electron chi connectivity index (χ2n) is 5.58. The van der Waals surface area contributed by atoms with Crippen molar-refractivity contribution in [3.05, 3.63) is 59.7 Å². The first-order valence-corrected chi connectivity index (χ1v) is 9.30. The Hall–Kier alpha value is 0.673. The zero-order chi connectivity index (χ0) is 18.6. The number of phosphoric ester groups is 1. The molecule has 2 aromatic rings. The van der Waals surface area contributed by atoms with Crippen molar-refractivity contribution in [3.63, 3.8) is 0 Å². The molecule has 10 heteroatoms. The molecule has 0 aliphatic carbocycles. The molecule has 0 amide bonds. The maximum Gasteiger partial charge on any atom is 1.00 e. The minimum Gasteiger partial charge on any atom is -0.780 e. The average molecular weight is 452 g/mol. The number of carbonyl (C=O) groups excluding carboxylic acids is 1. The number of benzene rings is 2. The number of rotatable bonds is 2. The molecule has 28 heavy (non-hydrogen) atoms. The summed E-state index contributed by atoms with van der Waals surface area (Å²) in [5, 5.41) is 0. The van der Waals surface area contributed by atoms with Crippen LogP contribution < -0.4 is 122 Å². The van der Waals surface area contributed by atoms with Gasteiger partial charge in [-0.1, -0.05) is 24.3 Å². The summed E-state index contributed by atoms with van der Waals surface area (Å²) in [5.41, 5.74) is 1.58. The molecule has 0 fully saturated rings. The number of esters is 1. The number of fused-ring (bicyclic) bond motifs is 7. The predicted octanol–water partition coefficient (Wildman–Crippen LogP) is -3.80. The van der Waals surface area contributed by atoms with E-state index in [9.17, 15) is 19.1 Å². The molecule has 0 radical (unpaired) electrons. The monoisotopic (exact) mass is 452 g/mol. The van der Waals surface area contributed by atoms with Gasteiger partial charge in [0.15, 0.2) is 11.5 Å². The van der Waals surface area contributed by atoms with Crippen LogP contribution in [0.2, 0.25) is 0 Å². The maximum absolute atomic E-state index is 11.8. The van der Waals surface area contributed by atoms with E-state index in [1.165, 1.54) is 12.1 Å². The molecule has 2 aromatic carbocycles. The first kappa shape index (κ1) is 26.7. The number of ether oxygens (including phenoxy) is 2. The van der Waals surface area contributed by atoms with E-state index in [0.29, 0.717) is 17.7 Å². The quantitative estimate of drug-likeness (QED) is 0.261. The first-order chi connectivity index (χ1) is 12.4. The van der Waals surface area contributed by atoms with Crippen LogP contribution in [0.15, 0.2) is 48.5 Å². The molecule has 4 bridgehead atoms. The Labute approximate surface area is 247 Å². The molecule has 0 saturated heterocycles. The molecule has 0 unspecified atom stereocenters. The summed E-state index contributed by atoms with van der Waals surface area (Å²) >= 11 is 0. The van der Waals surface area contributed by atoms with Crippen LogP contribution >= 0.6 is 7.82 Å². The van der Waals surface area contributed by atoms with E-state index >= 15 is 0 Å². The van der Waals surface area contributed by atoms with E-state index in [1.807, 2.05) is 0 Å². The van der Waals surface area contributed by atoms with Crippen molar-refractivity contribution in [2.45, 2.75) is 12.8 Å². The van der Waals surface area contributed by atoms with Crippen LogP contribution in [-0.4, -0.2) is 12.6 Å². The van der Waals surface area contributed by atoms with Crippen molar-refractivity contribution < 1.29 is 136 Å². The number of phosphoric acid groups is 1. The Bertz CT molecular complexity index is 878. The molecule has 0 N–H and O–H groups in total. The predicted molar refractivity (Wildman–Crippen MR) is 89.5 cm³/mol. The first-order valence-electron chi connectivity index (χ1n) is 7.84. The van der Waals surface area contributed by atoms with Crippen molar-refractivity contribution >= 4 is 19.9 Å². The van der Waals surface area contributed by atoms with Gasteiger partial charge in [-0.25, -0.2) is 0 Å². The second kappa shape index (κ2) is 12.5. The molecule has 7 nitrogen and oxygen atoms in total. The fourth-order valence-electron chi connectivity index (χ4n) is 2.40. The third-order valence-corrected chi connectivity index (χ3v) is 4.02. The number of hydrogen-bond donors (Lipinski definition) is 0. The van der Waals surface area contributed by atoms with Crippen LogP contribution in [0.3, 0.4) is 0 Å². The molecule has 0 atom stereocenters. The zero-order valence-electron chi connectivity index (χ0n) is 15.6. The summed E-state index contributed by atoms with van der Waals surface area (Å²) in [6, 6.07) is 11.4. The van der Waals surface area contributed by atoms with Crippen molar-refractivity contribution in [2.24, 2.45) is 0 Å². The van der Waals surface area contributed by atoms with Crippen LogP contribution in [0.4, 0.5) is 0 Å². The Kier molecular flexibility index (Phi) is 11.9. The molecule has 2 aliphatic heterocycles. The van der Waals surface area contributed by atoms with Crippen molar-refractivity contribution in [3.8, 4) is 17.2 Å². The fraction of sp³-hybridized carbons (Fsp3) is 0.167. The number of aryl methyl sites for hydroxylation is 1. The molecule has 2 heterocycles. The molecule has 0 spiro atoms. The third-order valence-electron chi connectivity index (χ3n) is 3.59. The minimum absolute atomic E-state index is 0. The summed E-state index contributed by atoms with van der Waals surface area (Å²) in [6.07, 6.45) is 4.05. The van der Waals surface area contributed by atoms with Gasteiger partial charge in [-0.3, -0.25) is 4.79 Å². The summed E-state index contributed by atoms with van der Waals surface area (Å²) in [5.74, 6) is -0.0532. The van der Waals surface area contributed by atoms with Crippen LogP contribution in [-0.2, 0) is 20.5 Å². The number of carbonyl (C=O) groups is 1. The van der Waals surface area contributed by atoms with Gasteiger partial charge in [-0.05, 0) is 47.9 Å². The Balaban J connectivity index is 0.00000196. The van der Waals surface area contributed by atoms with Crippen molar-refractivity contribution in [1.82, 2.24) is 0 Å². The third kappa shape index (κ3) is 8.81. The van der Waals surface area contributed by atoms with E-state index in [-0.39, 0.29) is 133 Å².